The fraction of sp³-hybridized carbons (Fsp3) is 0.700. The van der Waals surface area contributed by atoms with Crippen molar-refractivity contribution in [2.24, 2.45) is 0 Å². The normalized spacial score (nSPS) is 20.6. The van der Waals surface area contributed by atoms with E-state index in [0.29, 0.717) is 26.0 Å². The fourth-order valence-electron chi connectivity index (χ4n) is 3.56. The summed E-state index contributed by atoms with van der Waals surface area (Å²) in [6, 6.07) is 3.42. The molecular weight excluding hydrogens is 421 g/mol. The molecule has 0 atom stereocenters. The minimum Gasteiger partial charge on any atom is -0.395 e. The van der Waals surface area contributed by atoms with Gasteiger partial charge < -0.3 is 15.2 Å². The second-order valence-corrected chi connectivity index (χ2v) is 9.52. The Morgan fingerprint density at radius 3 is 2.30 bits per heavy atom. The quantitative estimate of drug-likeness (QED) is 0.505. The van der Waals surface area contributed by atoms with Gasteiger partial charge in [0.2, 0.25) is 10.0 Å². The third-order valence-corrected chi connectivity index (χ3v) is 7.33. The number of halogens is 3. The van der Waals surface area contributed by atoms with Crippen LogP contribution in [0.1, 0.15) is 44.1 Å². The summed E-state index contributed by atoms with van der Waals surface area (Å²) in [6.45, 7) is 2.20. The molecule has 30 heavy (non-hydrogen) atoms. The molecule has 1 aliphatic rings. The number of nitrogens with one attached hydrogen (secondary N) is 1. The van der Waals surface area contributed by atoms with E-state index in [1.54, 1.807) is 0 Å². The van der Waals surface area contributed by atoms with Crippen LogP contribution in [-0.2, 0) is 20.9 Å². The van der Waals surface area contributed by atoms with Crippen molar-refractivity contribution in [2.45, 2.75) is 61.7 Å². The lowest BCUT2D eigenvalue weighted by Gasteiger charge is -2.34. The van der Waals surface area contributed by atoms with Crippen LogP contribution in [-0.4, -0.2) is 63.3 Å². The van der Waals surface area contributed by atoms with Gasteiger partial charge in [-0.15, -0.1) is 0 Å². The van der Waals surface area contributed by atoms with Crippen molar-refractivity contribution >= 4 is 10.0 Å². The molecule has 0 unspecified atom stereocenters. The molecule has 1 aliphatic carbocycles. The molecule has 0 spiro atoms. The van der Waals surface area contributed by atoms with Crippen LogP contribution in [0.25, 0.3) is 0 Å². The number of aliphatic hydroxyl groups excluding tert-OH is 1. The lowest BCUT2D eigenvalue weighted by atomic mass is 9.93. The highest BCUT2D eigenvalue weighted by atomic mass is 32.2. The predicted octanol–water partition coefficient (Wildman–Crippen LogP) is 3.02. The zero-order valence-electron chi connectivity index (χ0n) is 17.2. The van der Waals surface area contributed by atoms with Gasteiger partial charge in [0.15, 0.2) is 0 Å². The first kappa shape index (κ1) is 25.1. The number of benzene rings is 1. The third-order valence-electron chi connectivity index (χ3n) is 5.41. The average Bonchev–Trinajstić information content (AvgIpc) is 2.72. The number of ether oxygens (including phenoxy) is 1. The lowest BCUT2D eigenvalue weighted by molar-refractivity contribution is -0.137. The Bertz CT molecular complexity index is 733. The minimum atomic E-state index is -4.50. The maximum atomic E-state index is 12.8. The fourth-order valence-corrected chi connectivity index (χ4v) is 4.98. The van der Waals surface area contributed by atoms with Gasteiger partial charge in [-0.25, -0.2) is 8.42 Å². The molecule has 1 saturated carbocycles. The predicted molar refractivity (Wildman–Crippen MR) is 108 cm³/mol. The Morgan fingerprint density at radius 2 is 1.73 bits per heavy atom. The van der Waals surface area contributed by atoms with Crippen molar-refractivity contribution in [1.82, 2.24) is 9.62 Å². The number of hydrogen-bond donors (Lipinski definition) is 2. The maximum Gasteiger partial charge on any atom is 0.416 e. The molecule has 6 nitrogen and oxygen atoms in total. The summed E-state index contributed by atoms with van der Waals surface area (Å²) in [7, 11) is -2.37. The van der Waals surface area contributed by atoms with Crippen LogP contribution in [0.5, 0.6) is 0 Å². The van der Waals surface area contributed by atoms with E-state index >= 15 is 0 Å². The van der Waals surface area contributed by atoms with E-state index in [9.17, 15) is 21.6 Å². The first-order valence-corrected chi connectivity index (χ1v) is 11.7. The van der Waals surface area contributed by atoms with Gasteiger partial charge in [-0.3, -0.25) is 0 Å². The summed E-state index contributed by atoms with van der Waals surface area (Å²) in [5.74, 6) is 0. The standard InChI is InChI=1S/C20H31F3N2O4S/c1-25(30(27,28)19-10-4-16(5-11-19)20(21,22)23)17-6-8-18(9-7-17)29-15-3-2-12-24-13-14-26/h4-5,10-11,17-18,24,26H,2-3,6-9,12-15H2,1H3. The van der Waals surface area contributed by atoms with Crippen molar-refractivity contribution in [1.29, 1.82) is 0 Å². The van der Waals surface area contributed by atoms with Crippen LogP contribution >= 0.6 is 0 Å². The summed E-state index contributed by atoms with van der Waals surface area (Å²) < 4.78 is 70.8. The molecule has 2 rings (SSSR count). The molecule has 0 bridgehead atoms. The molecular formula is C20H31F3N2O4S. The van der Waals surface area contributed by atoms with Gasteiger partial charge in [0.25, 0.3) is 0 Å². The smallest absolute Gasteiger partial charge is 0.395 e. The van der Waals surface area contributed by atoms with Crippen LogP contribution in [0.2, 0.25) is 0 Å². The second-order valence-electron chi connectivity index (χ2n) is 7.53. The van der Waals surface area contributed by atoms with Crippen molar-refractivity contribution in [2.75, 3.05) is 33.4 Å². The molecule has 1 fully saturated rings. The summed E-state index contributed by atoms with van der Waals surface area (Å²) >= 11 is 0. The zero-order chi connectivity index (χ0) is 22.2. The van der Waals surface area contributed by atoms with Crippen LogP contribution in [0.15, 0.2) is 29.2 Å². The zero-order valence-corrected chi connectivity index (χ0v) is 18.0. The molecule has 0 saturated heterocycles. The van der Waals surface area contributed by atoms with Gasteiger partial charge in [-0.1, -0.05) is 0 Å². The highest BCUT2D eigenvalue weighted by molar-refractivity contribution is 7.89. The molecule has 172 valence electrons. The summed E-state index contributed by atoms with van der Waals surface area (Å²) in [5.41, 5.74) is -0.870. The molecule has 0 aliphatic heterocycles. The average molecular weight is 453 g/mol. The van der Waals surface area contributed by atoms with Gasteiger partial charge in [0, 0.05) is 26.2 Å². The maximum absolute atomic E-state index is 12.8. The van der Waals surface area contributed by atoms with E-state index in [0.717, 1.165) is 56.5 Å². The number of nitrogens with zero attached hydrogens (tertiary/aromatic N) is 1. The number of alkyl halides is 3. The monoisotopic (exact) mass is 452 g/mol. The van der Waals surface area contributed by atoms with E-state index in [-0.39, 0.29) is 23.6 Å². The Labute approximate surface area is 176 Å². The SMILES string of the molecule is CN(C1CCC(OCCCCNCCO)CC1)S(=O)(=O)c1ccc(C(F)(F)F)cc1. The second kappa shape index (κ2) is 11.4. The minimum absolute atomic E-state index is 0.105. The summed E-state index contributed by atoms with van der Waals surface area (Å²) in [5, 5.41) is 11.8. The van der Waals surface area contributed by atoms with Crippen molar-refractivity contribution in [3.05, 3.63) is 29.8 Å². The van der Waals surface area contributed by atoms with E-state index in [2.05, 4.69) is 5.32 Å². The Hall–Kier alpha value is -1.20. The van der Waals surface area contributed by atoms with Gasteiger partial charge in [-0.05, 0) is 69.3 Å². The molecule has 0 amide bonds. The highest BCUT2D eigenvalue weighted by Crippen LogP contribution is 2.32. The Morgan fingerprint density at radius 1 is 1.10 bits per heavy atom. The molecule has 0 aromatic heterocycles. The third kappa shape index (κ3) is 7.19. The molecule has 0 heterocycles. The summed E-state index contributed by atoms with van der Waals surface area (Å²) in [4.78, 5) is -0.133. The van der Waals surface area contributed by atoms with E-state index in [1.807, 2.05) is 0 Å². The van der Waals surface area contributed by atoms with Crippen molar-refractivity contribution < 1.29 is 31.4 Å². The van der Waals surface area contributed by atoms with E-state index < -0.39 is 21.8 Å². The first-order chi connectivity index (χ1) is 14.2. The number of hydrogen-bond acceptors (Lipinski definition) is 5. The molecule has 1 aromatic rings. The highest BCUT2D eigenvalue weighted by Gasteiger charge is 2.34. The van der Waals surface area contributed by atoms with Crippen molar-refractivity contribution in [3.8, 4) is 0 Å². The number of rotatable bonds is 11. The van der Waals surface area contributed by atoms with E-state index in [1.165, 1.54) is 11.4 Å². The molecule has 1 aromatic carbocycles. The van der Waals surface area contributed by atoms with Crippen LogP contribution < -0.4 is 5.32 Å². The van der Waals surface area contributed by atoms with E-state index in [4.69, 9.17) is 9.84 Å². The van der Waals surface area contributed by atoms with Crippen LogP contribution in [0.3, 0.4) is 0 Å². The van der Waals surface area contributed by atoms with Crippen molar-refractivity contribution in [3.63, 3.8) is 0 Å². The van der Waals surface area contributed by atoms with Crippen LogP contribution in [0, 0.1) is 0 Å². The number of aliphatic hydroxyl groups is 1. The molecule has 2 N–H and O–H groups in total. The van der Waals surface area contributed by atoms with Gasteiger partial charge in [-0.2, -0.15) is 17.5 Å². The Kier molecular flexibility index (Phi) is 9.55. The number of unbranched alkanes of at least 4 members (excludes halogenated alkanes) is 1. The Balaban J connectivity index is 1.79. The molecule has 0 radical (unpaired) electrons. The van der Waals surface area contributed by atoms with Gasteiger partial charge in [0.05, 0.1) is 23.2 Å². The first-order valence-electron chi connectivity index (χ1n) is 10.2. The topological polar surface area (TPSA) is 78.9 Å². The van der Waals surface area contributed by atoms with Crippen LogP contribution in [0.4, 0.5) is 13.2 Å². The molecule has 10 heteroatoms. The summed E-state index contributed by atoms with van der Waals surface area (Å²) in [6.07, 6.45) is 0.291. The largest absolute Gasteiger partial charge is 0.416 e. The number of sulfonamides is 1. The van der Waals surface area contributed by atoms with Gasteiger partial charge in [0.1, 0.15) is 0 Å². The lowest BCUT2D eigenvalue weighted by Crippen LogP contribution is -2.40. The van der Waals surface area contributed by atoms with Gasteiger partial charge >= 0.3 is 6.18 Å².